The quantitative estimate of drug-likeness (QED) is 0.758. The number of carbonyl (C=O) groups is 1. The van der Waals surface area contributed by atoms with Gasteiger partial charge in [0.15, 0.2) is 0 Å². The van der Waals surface area contributed by atoms with Gasteiger partial charge in [-0.05, 0) is 51.7 Å². The number of Topliss-reactive ketones (excluding diaryl/α,β-unsaturated/α-hetero) is 1. The molecule has 0 heterocycles. The molecule has 0 unspecified atom stereocenters. The third-order valence-corrected chi connectivity index (χ3v) is 2.85. The Morgan fingerprint density at radius 2 is 2.12 bits per heavy atom. The van der Waals surface area contributed by atoms with Crippen LogP contribution >= 0.6 is 0 Å². The van der Waals surface area contributed by atoms with E-state index < -0.39 is 0 Å². The molecule has 1 atom stereocenters. The van der Waals surface area contributed by atoms with Crippen molar-refractivity contribution < 1.29 is 9.53 Å². The van der Waals surface area contributed by atoms with Crippen LogP contribution < -0.4 is 4.74 Å². The lowest BCUT2D eigenvalue weighted by Crippen LogP contribution is -2.19. The third-order valence-electron chi connectivity index (χ3n) is 2.85. The first-order valence-electron chi connectivity index (χ1n) is 5.83. The molecule has 0 saturated carbocycles. The van der Waals surface area contributed by atoms with Crippen LogP contribution in [0.3, 0.4) is 0 Å². The van der Waals surface area contributed by atoms with Gasteiger partial charge in [-0.1, -0.05) is 12.1 Å². The minimum Gasteiger partial charge on any atom is -0.497 e. The van der Waals surface area contributed by atoms with E-state index in [0.717, 1.165) is 24.3 Å². The van der Waals surface area contributed by atoms with E-state index in [2.05, 4.69) is 4.90 Å². The summed E-state index contributed by atoms with van der Waals surface area (Å²) in [6.45, 7) is 2.56. The third kappa shape index (κ3) is 4.19. The maximum Gasteiger partial charge on any atom is 0.137 e. The highest BCUT2D eigenvalue weighted by atomic mass is 16.5. The Balaban J connectivity index is 2.85. The summed E-state index contributed by atoms with van der Waals surface area (Å²) in [5.74, 6) is 0.978. The molecule has 0 saturated heterocycles. The van der Waals surface area contributed by atoms with Gasteiger partial charge in [0.25, 0.3) is 0 Å². The average molecular weight is 235 g/mol. The zero-order valence-corrected chi connectivity index (χ0v) is 11.1. The molecule has 0 spiro atoms. The van der Waals surface area contributed by atoms with E-state index >= 15 is 0 Å². The fourth-order valence-corrected chi connectivity index (χ4v) is 1.85. The van der Waals surface area contributed by atoms with Crippen molar-refractivity contribution in [3.05, 3.63) is 29.8 Å². The van der Waals surface area contributed by atoms with Gasteiger partial charge in [-0.2, -0.15) is 0 Å². The lowest BCUT2D eigenvalue weighted by Gasteiger charge is -2.17. The number of hydrogen-bond donors (Lipinski definition) is 0. The van der Waals surface area contributed by atoms with E-state index in [4.69, 9.17) is 4.74 Å². The van der Waals surface area contributed by atoms with Gasteiger partial charge in [0, 0.05) is 5.92 Å². The van der Waals surface area contributed by atoms with Crippen LogP contribution in [-0.2, 0) is 4.79 Å². The number of ketones is 1. The average Bonchev–Trinajstić information content (AvgIpc) is 2.28. The zero-order valence-electron chi connectivity index (χ0n) is 11.1. The summed E-state index contributed by atoms with van der Waals surface area (Å²) < 4.78 is 5.19. The van der Waals surface area contributed by atoms with Crippen LogP contribution in [0.4, 0.5) is 0 Å². The molecule has 0 N–H and O–H groups in total. The molecule has 0 aliphatic rings. The minimum atomic E-state index is -0.0347. The fraction of sp³-hybridized carbons (Fsp3) is 0.500. The number of benzene rings is 1. The number of ether oxygens (including phenoxy) is 1. The Hall–Kier alpha value is -1.35. The molecule has 0 radical (unpaired) electrons. The summed E-state index contributed by atoms with van der Waals surface area (Å²) in [7, 11) is 5.67. The van der Waals surface area contributed by atoms with E-state index in [-0.39, 0.29) is 11.7 Å². The number of hydrogen-bond acceptors (Lipinski definition) is 3. The molecule has 1 aromatic carbocycles. The topological polar surface area (TPSA) is 29.5 Å². The molecule has 0 aliphatic heterocycles. The van der Waals surface area contributed by atoms with Gasteiger partial charge < -0.3 is 9.64 Å². The molecule has 3 nitrogen and oxygen atoms in total. The number of nitrogens with zero attached hydrogens (tertiary/aromatic N) is 1. The Kier molecular flexibility index (Phi) is 5.16. The van der Waals surface area contributed by atoms with Crippen molar-refractivity contribution >= 4 is 5.78 Å². The van der Waals surface area contributed by atoms with Gasteiger partial charge in [0.1, 0.15) is 11.5 Å². The predicted molar refractivity (Wildman–Crippen MR) is 69.6 cm³/mol. The molecule has 17 heavy (non-hydrogen) atoms. The van der Waals surface area contributed by atoms with Gasteiger partial charge >= 0.3 is 0 Å². The molecule has 1 rings (SSSR count). The molecule has 1 aromatic rings. The van der Waals surface area contributed by atoms with Crippen molar-refractivity contribution in [1.29, 1.82) is 0 Å². The highest BCUT2D eigenvalue weighted by molar-refractivity contribution is 5.83. The van der Waals surface area contributed by atoms with E-state index in [9.17, 15) is 4.79 Å². The van der Waals surface area contributed by atoms with Crippen molar-refractivity contribution in [1.82, 2.24) is 4.90 Å². The summed E-state index contributed by atoms with van der Waals surface area (Å²) in [5, 5.41) is 0. The maximum atomic E-state index is 11.7. The lowest BCUT2D eigenvalue weighted by atomic mass is 9.92. The summed E-state index contributed by atoms with van der Waals surface area (Å²) in [5.41, 5.74) is 1.04. The summed E-state index contributed by atoms with van der Waals surface area (Å²) in [4.78, 5) is 13.8. The number of carbonyl (C=O) groups excluding carboxylic acids is 1. The standard InChI is InChI=1S/C14H21NO2/c1-11(16)14(8-9-15(2)3)12-6-5-7-13(10-12)17-4/h5-7,10,14H,8-9H2,1-4H3/t14-/m1/s1. The molecule has 0 aromatic heterocycles. The number of methoxy groups -OCH3 is 1. The van der Waals surface area contributed by atoms with Crippen LogP contribution in [-0.4, -0.2) is 38.4 Å². The second kappa shape index (κ2) is 6.40. The van der Waals surface area contributed by atoms with Gasteiger partial charge in [-0.25, -0.2) is 0 Å². The van der Waals surface area contributed by atoms with Gasteiger partial charge in [-0.3, -0.25) is 4.79 Å². The zero-order chi connectivity index (χ0) is 12.8. The first kappa shape index (κ1) is 13.7. The van der Waals surface area contributed by atoms with Crippen LogP contribution in [0.15, 0.2) is 24.3 Å². The van der Waals surface area contributed by atoms with Crippen LogP contribution in [0.5, 0.6) is 5.75 Å². The summed E-state index contributed by atoms with van der Waals surface area (Å²) in [6, 6.07) is 7.76. The Bertz CT molecular complexity index is 374. The van der Waals surface area contributed by atoms with Gasteiger partial charge in [0.05, 0.1) is 7.11 Å². The second-order valence-electron chi connectivity index (χ2n) is 4.53. The van der Waals surface area contributed by atoms with E-state index in [0.29, 0.717) is 0 Å². The van der Waals surface area contributed by atoms with Crippen LogP contribution in [0.1, 0.15) is 24.8 Å². The molecular formula is C14H21NO2. The summed E-state index contributed by atoms with van der Waals surface area (Å²) in [6.07, 6.45) is 0.843. The first-order valence-corrected chi connectivity index (χ1v) is 5.83. The van der Waals surface area contributed by atoms with Gasteiger partial charge in [0.2, 0.25) is 0 Å². The van der Waals surface area contributed by atoms with Crippen LogP contribution in [0.25, 0.3) is 0 Å². The van der Waals surface area contributed by atoms with Crippen molar-refractivity contribution in [3.63, 3.8) is 0 Å². The molecule has 3 heteroatoms. The second-order valence-corrected chi connectivity index (χ2v) is 4.53. The van der Waals surface area contributed by atoms with E-state index in [1.54, 1.807) is 14.0 Å². The minimum absolute atomic E-state index is 0.0347. The number of rotatable bonds is 6. The normalized spacial score (nSPS) is 12.5. The molecule has 0 bridgehead atoms. The first-order chi connectivity index (χ1) is 8.04. The highest BCUT2D eigenvalue weighted by Crippen LogP contribution is 2.24. The van der Waals surface area contributed by atoms with Crippen molar-refractivity contribution in [2.45, 2.75) is 19.3 Å². The van der Waals surface area contributed by atoms with Crippen molar-refractivity contribution in [2.75, 3.05) is 27.7 Å². The van der Waals surface area contributed by atoms with Crippen LogP contribution in [0, 0.1) is 0 Å². The highest BCUT2D eigenvalue weighted by Gasteiger charge is 2.17. The molecule has 0 aliphatic carbocycles. The molecular weight excluding hydrogens is 214 g/mol. The SMILES string of the molecule is COc1cccc([C@H](CCN(C)C)C(C)=O)c1. The Morgan fingerprint density at radius 1 is 1.41 bits per heavy atom. The summed E-state index contributed by atoms with van der Waals surface area (Å²) >= 11 is 0. The van der Waals surface area contributed by atoms with E-state index in [1.165, 1.54) is 0 Å². The monoisotopic (exact) mass is 235 g/mol. The van der Waals surface area contributed by atoms with Crippen molar-refractivity contribution in [3.8, 4) is 5.75 Å². The lowest BCUT2D eigenvalue weighted by molar-refractivity contribution is -0.118. The van der Waals surface area contributed by atoms with E-state index in [1.807, 2.05) is 38.4 Å². The van der Waals surface area contributed by atoms with Crippen LogP contribution in [0.2, 0.25) is 0 Å². The fourth-order valence-electron chi connectivity index (χ4n) is 1.85. The smallest absolute Gasteiger partial charge is 0.137 e. The van der Waals surface area contributed by atoms with Gasteiger partial charge in [-0.15, -0.1) is 0 Å². The molecule has 94 valence electrons. The Morgan fingerprint density at radius 3 is 2.65 bits per heavy atom. The Labute approximate surface area is 103 Å². The maximum absolute atomic E-state index is 11.7. The predicted octanol–water partition coefficient (Wildman–Crippen LogP) is 2.32. The molecule has 0 fully saturated rings. The largest absolute Gasteiger partial charge is 0.497 e. The van der Waals surface area contributed by atoms with Crippen molar-refractivity contribution in [2.24, 2.45) is 0 Å². The molecule has 0 amide bonds.